The van der Waals surface area contributed by atoms with Gasteiger partial charge >= 0.3 is 0 Å². The summed E-state index contributed by atoms with van der Waals surface area (Å²) < 4.78 is 0. The van der Waals surface area contributed by atoms with Gasteiger partial charge in [0.2, 0.25) is 0 Å². The average molecular weight is 352 g/mol. The van der Waals surface area contributed by atoms with Gasteiger partial charge in [0.1, 0.15) is 0 Å². The van der Waals surface area contributed by atoms with Gasteiger partial charge in [0.05, 0.1) is 0 Å². The van der Waals surface area contributed by atoms with Crippen LogP contribution in [-0.4, -0.2) is 29.5 Å². The van der Waals surface area contributed by atoms with Crippen LogP contribution in [0.15, 0.2) is 36.7 Å². The minimum absolute atomic E-state index is 0. The van der Waals surface area contributed by atoms with Crippen molar-refractivity contribution in [2.45, 2.75) is 38.8 Å². The Morgan fingerprint density at radius 1 is 1.22 bits per heavy atom. The molecule has 3 nitrogen and oxygen atoms in total. The number of pyridine rings is 1. The summed E-state index contributed by atoms with van der Waals surface area (Å²) in [5.74, 6) is 0. The number of piperazine rings is 1. The highest BCUT2D eigenvalue weighted by atomic mass is 35.5. The number of aromatic nitrogens is 1. The molecule has 0 saturated carbocycles. The third-order valence-corrected chi connectivity index (χ3v) is 5.70. The molecule has 23 heavy (non-hydrogen) atoms. The van der Waals surface area contributed by atoms with Crippen LogP contribution in [0.5, 0.6) is 0 Å². The Balaban J connectivity index is 0.00000192. The van der Waals surface area contributed by atoms with E-state index in [1.54, 1.807) is 0 Å². The van der Waals surface area contributed by atoms with Crippen molar-refractivity contribution in [3.05, 3.63) is 52.0 Å². The number of rotatable bonds is 3. The molecule has 1 atom stereocenters. The molecule has 5 heteroatoms. The number of thiophene rings is 1. The summed E-state index contributed by atoms with van der Waals surface area (Å²) in [6, 6.07) is 9.32. The third-order valence-electron chi connectivity index (χ3n) is 4.20. The van der Waals surface area contributed by atoms with Gasteiger partial charge in [0, 0.05) is 54.4 Å². The number of hydrogen-bond donors (Lipinski definition) is 1. The summed E-state index contributed by atoms with van der Waals surface area (Å²) in [5, 5.41) is 3.52. The van der Waals surface area contributed by atoms with Crippen molar-refractivity contribution in [3.8, 4) is 0 Å². The minimum atomic E-state index is 0. The first-order valence-corrected chi connectivity index (χ1v) is 8.79. The molecule has 1 N–H and O–H groups in total. The Morgan fingerprint density at radius 2 is 1.96 bits per heavy atom. The highest BCUT2D eigenvalue weighted by Crippen LogP contribution is 2.31. The fourth-order valence-corrected chi connectivity index (χ4v) is 4.01. The molecule has 1 saturated heterocycles. The Kier molecular flexibility index (Phi) is 6.20. The van der Waals surface area contributed by atoms with E-state index in [1.165, 1.54) is 15.3 Å². The van der Waals surface area contributed by atoms with Crippen LogP contribution in [0.2, 0.25) is 0 Å². The maximum absolute atomic E-state index is 4.14. The molecule has 1 aliphatic heterocycles. The fraction of sp³-hybridized carbons (Fsp3) is 0.500. The van der Waals surface area contributed by atoms with Crippen LogP contribution in [0.1, 0.15) is 42.1 Å². The average Bonchev–Trinajstić information content (AvgIpc) is 2.97. The predicted molar refractivity (Wildman–Crippen MR) is 101 cm³/mol. The summed E-state index contributed by atoms with van der Waals surface area (Å²) in [6.45, 7) is 11.1. The molecule has 126 valence electrons. The first kappa shape index (κ1) is 18.4. The zero-order chi connectivity index (χ0) is 15.6. The van der Waals surface area contributed by atoms with Crippen molar-refractivity contribution in [3.63, 3.8) is 0 Å². The molecule has 1 fully saturated rings. The SMILES string of the molecule is CC(C)(C)c1ccc(CN2CCNCC2c2ccncc2)s1.Cl. The van der Waals surface area contributed by atoms with Crippen LogP contribution >= 0.6 is 23.7 Å². The van der Waals surface area contributed by atoms with Crippen LogP contribution < -0.4 is 5.32 Å². The van der Waals surface area contributed by atoms with Crippen molar-refractivity contribution in [2.24, 2.45) is 0 Å². The van der Waals surface area contributed by atoms with Crippen molar-refractivity contribution in [1.82, 2.24) is 15.2 Å². The van der Waals surface area contributed by atoms with Gasteiger partial charge in [-0.3, -0.25) is 9.88 Å². The fourth-order valence-electron chi connectivity index (χ4n) is 2.92. The van der Waals surface area contributed by atoms with Crippen LogP contribution in [0.4, 0.5) is 0 Å². The number of hydrogen-bond acceptors (Lipinski definition) is 4. The van der Waals surface area contributed by atoms with E-state index < -0.39 is 0 Å². The lowest BCUT2D eigenvalue weighted by Gasteiger charge is -2.36. The first-order chi connectivity index (χ1) is 10.5. The quantitative estimate of drug-likeness (QED) is 0.905. The van der Waals surface area contributed by atoms with Gasteiger partial charge < -0.3 is 5.32 Å². The van der Waals surface area contributed by atoms with E-state index in [0.717, 1.165) is 26.2 Å². The van der Waals surface area contributed by atoms with E-state index in [1.807, 2.05) is 23.7 Å². The van der Waals surface area contributed by atoms with Crippen molar-refractivity contribution < 1.29 is 0 Å². The maximum atomic E-state index is 4.14. The largest absolute Gasteiger partial charge is 0.314 e. The summed E-state index contributed by atoms with van der Waals surface area (Å²) in [7, 11) is 0. The smallest absolute Gasteiger partial charge is 0.0478 e. The number of halogens is 1. The second-order valence-corrected chi connectivity index (χ2v) is 8.16. The molecule has 0 radical (unpaired) electrons. The normalized spacial score (nSPS) is 19.3. The van der Waals surface area contributed by atoms with Crippen LogP contribution in [0.25, 0.3) is 0 Å². The standard InChI is InChI=1S/C18H25N3S.ClH/c1-18(2,3)17-5-4-15(22-17)13-21-11-10-20-12-16(21)14-6-8-19-9-7-14;/h4-9,16,20H,10-13H2,1-3H3;1H. The Hall–Kier alpha value is -0.940. The monoisotopic (exact) mass is 351 g/mol. The molecule has 2 aromatic heterocycles. The molecule has 0 aromatic carbocycles. The van der Waals surface area contributed by atoms with E-state index in [2.05, 4.69) is 60.2 Å². The van der Waals surface area contributed by atoms with Gasteiger partial charge in [-0.05, 0) is 35.2 Å². The predicted octanol–water partition coefficient (Wildman–Crippen LogP) is 4.01. The lowest BCUT2D eigenvalue weighted by molar-refractivity contribution is 0.155. The van der Waals surface area contributed by atoms with Gasteiger partial charge in [0.25, 0.3) is 0 Å². The zero-order valence-corrected chi connectivity index (χ0v) is 15.7. The molecule has 2 aromatic rings. The molecule has 1 unspecified atom stereocenters. The molecule has 0 bridgehead atoms. The Morgan fingerprint density at radius 3 is 2.61 bits per heavy atom. The van der Waals surface area contributed by atoms with Gasteiger partial charge in [-0.25, -0.2) is 0 Å². The zero-order valence-electron chi connectivity index (χ0n) is 14.1. The molecule has 0 amide bonds. The van der Waals surface area contributed by atoms with E-state index in [-0.39, 0.29) is 17.8 Å². The molecule has 0 aliphatic carbocycles. The van der Waals surface area contributed by atoms with E-state index in [9.17, 15) is 0 Å². The second-order valence-electron chi connectivity index (χ2n) is 6.99. The molecular weight excluding hydrogens is 326 g/mol. The molecular formula is C18H26ClN3S. The molecule has 3 rings (SSSR count). The van der Waals surface area contributed by atoms with Gasteiger partial charge in [-0.2, -0.15) is 0 Å². The summed E-state index contributed by atoms with van der Waals surface area (Å²) in [6.07, 6.45) is 3.79. The lowest BCUT2D eigenvalue weighted by atomic mass is 9.95. The first-order valence-electron chi connectivity index (χ1n) is 7.98. The topological polar surface area (TPSA) is 28.2 Å². The Labute approximate surface area is 149 Å². The van der Waals surface area contributed by atoms with Gasteiger partial charge in [-0.15, -0.1) is 23.7 Å². The Bertz CT molecular complexity index is 606. The van der Waals surface area contributed by atoms with Crippen LogP contribution in [-0.2, 0) is 12.0 Å². The summed E-state index contributed by atoms with van der Waals surface area (Å²) in [4.78, 5) is 9.66. The highest BCUT2D eigenvalue weighted by Gasteiger charge is 2.25. The van der Waals surface area contributed by atoms with Crippen LogP contribution in [0.3, 0.4) is 0 Å². The summed E-state index contributed by atoms with van der Waals surface area (Å²) >= 11 is 1.96. The second kappa shape index (κ2) is 7.75. The van der Waals surface area contributed by atoms with Gasteiger partial charge in [-0.1, -0.05) is 20.8 Å². The molecule has 0 spiro atoms. The van der Waals surface area contributed by atoms with Crippen LogP contribution in [0, 0.1) is 0 Å². The van der Waals surface area contributed by atoms with Crippen molar-refractivity contribution >= 4 is 23.7 Å². The molecule has 1 aliphatic rings. The van der Waals surface area contributed by atoms with E-state index in [0.29, 0.717) is 6.04 Å². The highest BCUT2D eigenvalue weighted by molar-refractivity contribution is 7.12. The van der Waals surface area contributed by atoms with E-state index in [4.69, 9.17) is 0 Å². The maximum Gasteiger partial charge on any atom is 0.0478 e. The molecule has 3 heterocycles. The third kappa shape index (κ3) is 4.54. The lowest BCUT2D eigenvalue weighted by Crippen LogP contribution is -2.45. The van der Waals surface area contributed by atoms with Gasteiger partial charge in [0.15, 0.2) is 0 Å². The van der Waals surface area contributed by atoms with Crippen molar-refractivity contribution in [1.29, 1.82) is 0 Å². The summed E-state index contributed by atoms with van der Waals surface area (Å²) in [5.41, 5.74) is 1.60. The number of nitrogens with zero attached hydrogens (tertiary/aromatic N) is 2. The minimum Gasteiger partial charge on any atom is -0.314 e. The van der Waals surface area contributed by atoms with E-state index >= 15 is 0 Å². The number of nitrogens with one attached hydrogen (secondary N) is 1. The van der Waals surface area contributed by atoms with Crippen molar-refractivity contribution in [2.75, 3.05) is 19.6 Å².